The van der Waals surface area contributed by atoms with Crippen molar-refractivity contribution in [1.29, 1.82) is 0 Å². The van der Waals surface area contributed by atoms with Crippen molar-refractivity contribution in [2.24, 2.45) is 7.05 Å². The van der Waals surface area contributed by atoms with Crippen LogP contribution in [-0.4, -0.2) is 16.1 Å². The van der Waals surface area contributed by atoms with Crippen LogP contribution < -0.4 is 0 Å². The lowest BCUT2D eigenvalue weighted by Crippen LogP contribution is -1.92. The monoisotopic (exact) mass is 190 g/mol. The van der Waals surface area contributed by atoms with Gasteiger partial charge in [0.1, 0.15) is 5.76 Å². The van der Waals surface area contributed by atoms with Gasteiger partial charge in [0.15, 0.2) is 12.0 Å². The van der Waals surface area contributed by atoms with Crippen molar-refractivity contribution in [2.45, 2.75) is 6.92 Å². The fraction of sp³-hybridized carbons (Fsp3) is 0.200. The van der Waals surface area contributed by atoms with Crippen LogP contribution in [0.1, 0.15) is 16.2 Å². The lowest BCUT2D eigenvalue weighted by molar-refractivity contribution is 0.110. The normalized spacial score (nSPS) is 10.4. The van der Waals surface area contributed by atoms with Crippen LogP contribution in [-0.2, 0) is 7.05 Å². The molecule has 0 aliphatic carbocycles. The summed E-state index contributed by atoms with van der Waals surface area (Å²) in [6.07, 6.45) is 2.41. The van der Waals surface area contributed by atoms with Gasteiger partial charge in [-0.15, -0.1) is 0 Å². The Morgan fingerprint density at radius 3 is 2.79 bits per heavy atom. The topological polar surface area (TPSA) is 48.0 Å². The van der Waals surface area contributed by atoms with E-state index in [0.717, 1.165) is 11.3 Å². The quantitative estimate of drug-likeness (QED) is 0.678. The summed E-state index contributed by atoms with van der Waals surface area (Å²) in [5, 5.41) is 4.10. The highest BCUT2D eigenvalue weighted by molar-refractivity contribution is 5.73. The van der Waals surface area contributed by atoms with E-state index in [4.69, 9.17) is 4.42 Å². The standard InChI is InChI=1S/C10H10N2O2/c1-7-9(5-11-12(7)2)10-4-3-8(6-13)14-10/h3-6H,1-2H3. The van der Waals surface area contributed by atoms with E-state index in [-0.39, 0.29) is 0 Å². The molecule has 0 radical (unpaired) electrons. The molecular weight excluding hydrogens is 180 g/mol. The number of hydrogen-bond acceptors (Lipinski definition) is 3. The summed E-state index contributed by atoms with van der Waals surface area (Å²) in [4.78, 5) is 10.4. The highest BCUT2D eigenvalue weighted by atomic mass is 16.3. The third kappa shape index (κ3) is 1.25. The van der Waals surface area contributed by atoms with Gasteiger partial charge in [0.25, 0.3) is 0 Å². The molecular formula is C10H10N2O2. The lowest BCUT2D eigenvalue weighted by Gasteiger charge is -1.95. The molecule has 4 nitrogen and oxygen atoms in total. The molecule has 0 atom stereocenters. The largest absolute Gasteiger partial charge is 0.453 e. The first-order valence-electron chi connectivity index (χ1n) is 4.26. The molecule has 2 heterocycles. The van der Waals surface area contributed by atoms with Gasteiger partial charge in [-0.2, -0.15) is 5.10 Å². The Morgan fingerprint density at radius 2 is 2.29 bits per heavy atom. The fourth-order valence-electron chi connectivity index (χ4n) is 1.30. The molecule has 0 spiro atoms. The molecule has 0 saturated heterocycles. The average molecular weight is 190 g/mol. The van der Waals surface area contributed by atoms with E-state index in [1.807, 2.05) is 14.0 Å². The van der Waals surface area contributed by atoms with Gasteiger partial charge >= 0.3 is 0 Å². The lowest BCUT2D eigenvalue weighted by atomic mass is 10.2. The van der Waals surface area contributed by atoms with Crippen LogP contribution in [0.4, 0.5) is 0 Å². The number of nitrogens with zero attached hydrogens (tertiary/aromatic N) is 2. The van der Waals surface area contributed by atoms with Gasteiger partial charge in [0.05, 0.1) is 11.8 Å². The molecule has 4 heteroatoms. The van der Waals surface area contributed by atoms with Crippen LogP contribution in [0.15, 0.2) is 22.7 Å². The first-order valence-corrected chi connectivity index (χ1v) is 4.26. The van der Waals surface area contributed by atoms with Crippen LogP contribution >= 0.6 is 0 Å². The van der Waals surface area contributed by atoms with Gasteiger partial charge in [-0.3, -0.25) is 9.48 Å². The van der Waals surface area contributed by atoms with Crippen molar-refractivity contribution >= 4 is 6.29 Å². The first-order chi connectivity index (χ1) is 6.72. The van der Waals surface area contributed by atoms with Crippen molar-refractivity contribution in [3.63, 3.8) is 0 Å². The van der Waals surface area contributed by atoms with Crippen LogP contribution in [0.5, 0.6) is 0 Å². The summed E-state index contributed by atoms with van der Waals surface area (Å²) in [5.41, 5.74) is 1.93. The number of furan rings is 1. The van der Waals surface area contributed by atoms with E-state index in [2.05, 4.69) is 5.10 Å². The minimum absolute atomic E-state index is 0.336. The Labute approximate surface area is 81.1 Å². The van der Waals surface area contributed by atoms with E-state index in [1.54, 1.807) is 23.0 Å². The minimum Gasteiger partial charge on any atom is -0.453 e. The highest BCUT2D eigenvalue weighted by Crippen LogP contribution is 2.24. The molecule has 0 aliphatic rings. The van der Waals surface area contributed by atoms with Crippen molar-refractivity contribution in [3.05, 3.63) is 29.8 Å². The number of carbonyl (C=O) groups is 1. The Morgan fingerprint density at radius 1 is 1.50 bits per heavy atom. The van der Waals surface area contributed by atoms with Crippen molar-refractivity contribution < 1.29 is 9.21 Å². The Kier molecular flexibility index (Phi) is 1.96. The molecule has 2 rings (SSSR count). The summed E-state index contributed by atoms with van der Waals surface area (Å²) in [6.45, 7) is 1.95. The smallest absolute Gasteiger partial charge is 0.185 e. The molecule has 14 heavy (non-hydrogen) atoms. The van der Waals surface area contributed by atoms with E-state index in [9.17, 15) is 4.79 Å². The summed E-state index contributed by atoms with van der Waals surface area (Å²) < 4.78 is 7.05. The average Bonchev–Trinajstić information content (AvgIpc) is 2.75. The Bertz CT molecular complexity index is 468. The van der Waals surface area contributed by atoms with E-state index in [1.165, 1.54) is 0 Å². The molecule has 0 fully saturated rings. The van der Waals surface area contributed by atoms with Crippen molar-refractivity contribution in [1.82, 2.24) is 9.78 Å². The summed E-state index contributed by atoms with van der Waals surface area (Å²) in [7, 11) is 1.86. The summed E-state index contributed by atoms with van der Waals surface area (Å²) >= 11 is 0. The third-order valence-corrected chi connectivity index (χ3v) is 2.24. The first kappa shape index (κ1) is 8.74. The molecule has 0 bridgehead atoms. The number of rotatable bonds is 2. The van der Waals surface area contributed by atoms with Crippen LogP contribution in [0.3, 0.4) is 0 Å². The second kappa shape index (κ2) is 3.14. The summed E-state index contributed by atoms with van der Waals surface area (Å²) in [6, 6.07) is 3.42. The van der Waals surface area contributed by atoms with E-state index in [0.29, 0.717) is 17.8 Å². The van der Waals surface area contributed by atoms with Gasteiger partial charge in [-0.25, -0.2) is 0 Å². The predicted molar refractivity (Wildman–Crippen MR) is 51.0 cm³/mol. The maximum atomic E-state index is 10.4. The second-order valence-electron chi connectivity index (χ2n) is 3.09. The van der Waals surface area contributed by atoms with Crippen LogP contribution in [0.25, 0.3) is 11.3 Å². The SMILES string of the molecule is Cc1c(-c2ccc(C=O)o2)cnn1C. The zero-order valence-corrected chi connectivity index (χ0v) is 8.02. The molecule has 0 unspecified atom stereocenters. The molecule has 72 valence electrons. The number of aldehydes is 1. The molecule has 0 aliphatic heterocycles. The number of hydrogen-bond donors (Lipinski definition) is 0. The number of aromatic nitrogens is 2. The van der Waals surface area contributed by atoms with Crippen LogP contribution in [0, 0.1) is 6.92 Å². The fourth-order valence-corrected chi connectivity index (χ4v) is 1.30. The van der Waals surface area contributed by atoms with Crippen molar-refractivity contribution in [3.8, 4) is 11.3 Å². The van der Waals surface area contributed by atoms with Gasteiger partial charge in [0, 0.05) is 12.7 Å². The molecule has 2 aromatic rings. The number of carbonyl (C=O) groups excluding carboxylic acids is 1. The van der Waals surface area contributed by atoms with E-state index >= 15 is 0 Å². The maximum Gasteiger partial charge on any atom is 0.185 e. The Hall–Kier alpha value is -1.84. The van der Waals surface area contributed by atoms with Gasteiger partial charge < -0.3 is 4.42 Å². The predicted octanol–water partition coefficient (Wildman–Crippen LogP) is 1.80. The van der Waals surface area contributed by atoms with Gasteiger partial charge in [-0.05, 0) is 19.1 Å². The zero-order valence-electron chi connectivity index (χ0n) is 8.02. The molecule has 0 N–H and O–H groups in total. The second-order valence-corrected chi connectivity index (χ2v) is 3.09. The minimum atomic E-state index is 0.336. The molecule has 2 aromatic heterocycles. The maximum absolute atomic E-state index is 10.4. The van der Waals surface area contributed by atoms with Crippen molar-refractivity contribution in [2.75, 3.05) is 0 Å². The number of aryl methyl sites for hydroxylation is 1. The summed E-state index contributed by atoms with van der Waals surface area (Å²) in [5.74, 6) is 1.01. The zero-order chi connectivity index (χ0) is 10.1. The van der Waals surface area contributed by atoms with Crippen LogP contribution in [0.2, 0.25) is 0 Å². The molecule has 0 saturated carbocycles. The van der Waals surface area contributed by atoms with E-state index < -0.39 is 0 Å². The molecule has 0 amide bonds. The molecule has 0 aromatic carbocycles. The van der Waals surface area contributed by atoms with Gasteiger partial charge in [-0.1, -0.05) is 0 Å². The Balaban J connectivity index is 2.49. The van der Waals surface area contributed by atoms with Gasteiger partial charge in [0.2, 0.25) is 0 Å². The third-order valence-electron chi connectivity index (χ3n) is 2.24. The highest BCUT2D eigenvalue weighted by Gasteiger charge is 2.10.